The van der Waals surface area contributed by atoms with Crippen molar-refractivity contribution < 1.29 is 5.11 Å². The summed E-state index contributed by atoms with van der Waals surface area (Å²) in [7, 11) is 0. The van der Waals surface area contributed by atoms with Crippen LogP contribution in [0.4, 0.5) is 0 Å². The minimum Gasteiger partial charge on any atom is -0.387 e. The molecule has 0 bridgehead atoms. The number of aryl methyl sites for hydroxylation is 3. The normalized spacial score (nSPS) is 16.5. The Balaban J connectivity index is 1.77. The molecule has 0 aliphatic heterocycles. The second-order valence-corrected chi connectivity index (χ2v) is 6.97. The lowest BCUT2D eigenvalue weighted by Gasteiger charge is -2.10. The lowest BCUT2D eigenvalue weighted by molar-refractivity contribution is 0.182. The third-order valence-corrected chi connectivity index (χ3v) is 5.61. The molecule has 3 rings (SSSR count). The molecule has 106 valence electrons. The van der Waals surface area contributed by atoms with Gasteiger partial charge in [0.15, 0.2) is 0 Å². The van der Waals surface area contributed by atoms with E-state index in [1.807, 2.05) is 11.3 Å². The van der Waals surface area contributed by atoms with Gasteiger partial charge in [-0.05, 0) is 55.4 Å². The lowest BCUT2D eigenvalue weighted by atomic mass is 10.0. The predicted octanol–water partition coefficient (Wildman–Crippen LogP) is 4.60. The summed E-state index contributed by atoms with van der Waals surface area (Å²) in [4.78, 5) is 2.67. The van der Waals surface area contributed by atoms with Crippen molar-refractivity contribution in [1.29, 1.82) is 0 Å². The van der Waals surface area contributed by atoms with Crippen molar-refractivity contribution in [1.82, 2.24) is 0 Å². The highest BCUT2D eigenvalue weighted by Gasteiger charge is 2.17. The Hall–Kier alpha value is -1.12. The van der Waals surface area contributed by atoms with Crippen LogP contribution < -0.4 is 0 Å². The van der Waals surface area contributed by atoms with Gasteiger partial charge in [0.1, 0.15) is 0 Å². The second kappa shape index (κ2) is 6.11. The molecule has 0 saturated carbocycles. The van der Waals surface area contributed by atoms with Gasteiger partial charge in [0, 0.05) is 16.2 Å². The van der Waals surface area contributed by atoms with E-state index in [0.29, 0.717) is 0 Å². The minimum atomic E-state index is -0.354. The van der Waals surface area contributed by atoms with Crippen LogP contribution in [-0.2, 0) is 19.3 Å². The summed E-state index contributed by atoms with van der Waals surface area (Å²) in [6.07, 6.45) is 6.74. The van der Waals surface area contributed by atoms with E-state index in [1.54, 1.807) is 0 Å². The maximum atomic E-state index is 10.5. The molecule has 1 unspecified atom stereocenters. The summed E-state index contributed by atoms with van der Waals surface area (Å²) in [5.41, 5.74) is 4.01. The van der Waals surface area contributed by atoms with Gasteiger partial charge in [0.2, 0.25) is 0 Å². The molecule has 0 fully saturated rings. The zero-order chi connectivity index (χ0) is 13.9. The Labute approximate surface area is 125 Å². The number of aliphatic hydroxyl groups excluding tert-OH is 1. The third kappa shape index (κ3) is 2.97. The van der Waals surface area contributed by atoms with Crippen molar-refractivity contribution in [2.75, 3.05) is 0 Å². The predicted molar refractivity (Wildman–Crippen MR) is 85.4 cm³/mol. The molecule has 1 heterocycles. The Morgan fingerprint density at radius 1 is 1.15 bits per heavy atom. The van der Waals surface area contributed by atoms with E-state index in [-0.39, 0.29) is 6.10 Å². The van der Waals surface area contributed by atoms with Crippen LogP contribution in [0.15, 0.2) is 30.3 Å². The molecular weight excluding hydrogens is 264 g/mol. The highest BCUT2D eigenvalue weighted by Crippen LogP contribution is 2.33. The molecule has 1 atom stereocenters. The fourth-order valence-corrected chi connectivity index (χ4v) is 4.25. The number of fused-ring (bicyclic) bond motifs is 1. The van der Waals surface area contributed by atoms with Crippen molar-refractivity contribution in [3.05, 3.63) is 56.8 Å². The number of hydrogen-bond donors (Lipinski definition) is 1. The second-order valence-electron chi connectivity index (χ2n) is 5.80. The summed E-state index contributed by atoms with van der Waals surface area (Å²) in [6.45, 7) is 2.12. The standard InChI is InChI=1S/C18H22OS/c1-13-7-5-6-8-14(13)11-16(19)18-12-15-9-3-2-4-10-17(15)20-18/h5-8,12,16,19H,2-4,9-11H2,1H3. The molecule has 1 aliphatic carbocycles. The molecule has 0 spiro atoms. The van der Waals surface area contributed by atoms with E-state index >= 15 is 0 Å². The topological polar surface area (TPSA) is 20.2 Å². The van der Waals surface area contributed by atoms with Gasteiger partial charge in [0.25, 0.3) is 0 Å². The summed E-state index contributed by atoms with van der Waals surface area (Å²) < 4.78 is 0. The van der Waals surface area contributed by atoms with E-state index in [0.717, 1.165) is 11.3 Å². The van der Waals surface area contributed by atoms with Gasteiger partial charge in [-0.25, -0.2) is 0 Å². The third-order valence-electron chi connectivity index (χ3n) is 4.27. The van der Waals surface area contributed by atoms with Crippen LogP contribution in [0.25, 0.3) is 0 Å². The number of thiophene rings is 1. The van der Waals surface area contributed by atoms with E-state index in [2.05, 4.69) is 37.3 Å². The largest absolute Gasteiger partial charge is 0.387 e. The molecule has 20 heavy (non-hydrogen) atoms. The Morgan fingerprint density at radius 2 is 1.95 bits per heavy atom. The monoisotopic (exact) mass is 286 g/mol. The van der Waals surface area contributed by atoms with Crippen molar-refractivity contribution in [2.45, 2.75) is 51.6 Å². The van der Waals surface area contributed by atoms with Gasteiger partial charge in [-0.3, -0.25) is 0 Å². The molecule has 1 aliphatic rings. The molecule has 2 heteroatoms. The van der Waals surface area contributed by atoms with E-state index in [1.165, 1.54) is 53.7 Å². The average molecular weight is 286 g/mol. The van der Waals surface area contributed by atoms with E-state index in [4.69, 9.17) is 0 Å². The molecular formula is C18H22OS. The van der Waals surface area contributed by atoms with Crippen LogP contribution in [0.2, 0.25) is 0 Å². The van der Waals surface area contributed by atoms with Gasteiger partial charge in [-0.1, -0.05) is 30.7 Å². The summed E-state index contributed by atoms with van der Waals surface area (Å²) >= 11 is 1.83. The van der Waals surface area contributed by atoms with Crippen LogP contribution >= 0.6 is 11.3 Å². The van der Waals surface area contributed by atoms with Gasteiger partial charge >= 0.3 is 0 Å². The molecule has 1 aromatic carbocycles. The van der Waals surface area contributed by atoms with Crippen LogP contribution in [0.3, 0.4) is 0 Å². The van der Waals surface area contributed by atoms with Crippen LogP contribution in [0.5, 0.6) is 0 Å². The maximum Gasteiger partial charge on any atom is 0.0922 e. The van der Waals surface area contributed by atoms with Gasteiger partial charge in [-0.2, -0.15) is 0 Å². The fourth-order valence-electron chi connectivity index (χ4n) is 3.00. The SMILES string of the molecule is Cc1ccccc1CC(O)c1cc2c(s1)CCCCC2. The number of hydrogen-bond acceptors (Lipinski definition) is 2. The summed E-state index contributed by atoms with van der Waals surface area (Å²) in [5, 5.41) is 10.5. The smallest absolute Gasteiger partial charge is 0.0922 e. The first kappa shape index (κ1) is 13.8. The maximum absolute atomic E-state index is 10.5. The summed E-state index contributed by atoms with van der Waals surface area (Å²) in [5.74, 6) is 0. The van der Waals surface area contributed by atoms with Crippen molar-refractivity contribution in [3.63, 3.8) is 0 Å². The fraction of sp³-hybridized carbons (Fsp3) is 0.444. The average Bonchev–Trinajstić information content (AvgIpc) is 2.73. The molecule has 1 N–H and O–H groups in total. The van der Waals surface area contributed by atoms with Crippen LogP contribution in [-0.4, -0.2) is 5.11 Å². The first-order valence-electron chi connectivity index (χ1n) is 7.58. The zero-order valence-corrected chi connectivity index (χ0v) is 12.9. The van der Waals surface area contributed by atoms with Crippen LogP contribution in [0, 0.1) is 6.92 Å². The van der Waals surface area contributed by atoms with Crippen LogP contribution in [0.1, 0.15) is 51.8 Å². The minimum absolute atomic E-state index is 0.354. The number of aliphatic hydroxyl groups is 1. The van der Waals surface area contributed by atoms with Crippen molar-refractivity contribution in [2.24, 2.45) is 0 Å². The first-order chi connectivity index (χ1) is 9.74. The molecule has 1 aromatic heterocycles. The quantitative estimate of drug-likeness (QED) is 0.817. The van der Waals surface area contributed by atoms with Gasteiger partial charge in [-0.15, -0.1) is 11.3 Å². The van der Waals surface area contributed by atoms with Gasteiger partial charge in [0.05, 0.1) is 6.10 Å². The highest BCUT2D eigenvalue weighted by atomic mass is 32.1. The molecule has 0 saturated heterocycles. The number of benzene rings is 1. The summed E-state index contributed by atoms with van der Waals surface area (Å²) in [6, 6.07) is 10.6. The van der Waals surface area contributed by atoms with Gasteiger partial charge < -0.3 is 5.11 Å². The molecule has 0 amide bonds. The highest BCUT2D eigenvalue weighted by molar-refractivity contribution is 7.12. The molecule has 1 nitrogen and oxygen atoms in total. The van der Waals surface area contributed by atoms with Crippen molar-refractivity contribution in [3.8, 4) is 0 Å². The Bertz CT molecular complexity index is 561. The Morgan fingerprint density at radius 3 is 2.80 bits per heavy atom. The molecule has 0 radical (unpaired) electrons. The first-order valence-corrected chi connectivity index (χ1v) is 8.40. The lowest BCUT2D eigenvalue weighted by Crippen LogP contribution is -2.01. The molecule has 2 aromatic rings. The Kier molecular flexibility index (Phi) is 4.23. The number of rotatable bonds is 3. The van der Waals surface area contributed by atoms with E-state index < -0.39 is 0 Å². The van der Waals surface area contributed by atoms with E-state index in [9.17, 15) is 5.11 Å². The van der Waals surface area contributed by atoms with Crippen molar-refractivity contribution >= 4 is 11.3 Å². The zero-order valence-electron chi connectivity index (χ0n) is 12.1.